The molecule has 1 aliphatic rings. The number of carbonyl (C=O) groups is 2. The molecule has 1 N–H and O–H groups in total. The zero-order valence-electron chi connectivity index (χ0n) is 11.1. The maximum atomic E-state index is 12.0. The monoisotopic (exact) mass is 257 g/mol. The minimum absolute atomic E-state index is 0.0359. The maximum absolute atomic E-state index is 12.0. The maximum Gasteiger partial charge on any atom is 0.410 e. The molecule has 1 fully saturated rings. The van der Waals surface area contributed by atoms with Gasteiger partial charge in [0.25, 0.3) is 0 Å². The summed E-state index contributed by atoms with van der Waals surface area (Å²) in [5.74, 6) is -0.626. The molecule has 102 valence electrons. The van der Waals surface area contributed by atoms with Crippen LogP contribution in [0.5, 0.6) is 0 Å². The highest BCUT2D eigenvalue weighted by molar-refractivity contribution is 5.87. The van der Waals surface area contributed by atoms with Crippen molar-refractivity contribution in [1.82, 2.24) is 4.90 Å². The Hall–Kier alpha value is -1.56. The Morgan fingerprint density at radius 2 is 2.06 bits per heavy atom. The summed E-state index contributed by atoms with van der Waals surface area (Å²) < 4.78 is 10.2. The summed E-state index contributed by atoms with van der Waals surface area (Å²) >= 11 is 0. The number of ether oxygens (including phenoxy) is 2. The first kappa shape index (κ1) is 14.5. The lowest BCUT2D eigenvalue weighted by atomic mass is 9.90. The molecule has 1 unspecified atom stereocenters. The van der Waals surface area contributed by atoms with E-state index in [2.05, 4.69) is 6.58 Å². The summed E-state index contributed by atoms with van der Waals surface area (Å²) in [4.78, 5) is 24.5. The van der Waals surface area contributed by atoms with Crippen LogP contribution in [0.2, 0.25) is 0 Å². The average Bonchev–Trinajstić information content (AvgIpc) is 2.49. The van der Waals surface area contributed by atoms with Crippen molar-refractivity contribution in [3.05, 3.63) is 12.2 Å². The van der Waals surface area contributed by atoms with Gasteiger partial charge in [0, 0.05) is 6.42 Å². The van der Waals surface area contributed by atoms with E-state index in [0.29, 0.717) is 5.57 Å². The van der Waals surface area contributed by atoms with E-state index in [-0.39, 0.29) is 13.0 Å². The van der Waals surface area contributed by atoms with E-state index in [1.807, 2.05) is 0 Å². The first-order valence-electron chi connectivity index (χ1n) is 5.57. The molecule has 0 aromatic rings. The molecule has 0 spiro atoms. The number of carboxylic acid groups (broad SMARTS) is 1. The van der Waals surface area contributed by atoms with Crippen molar-refractivity contribution in [2.45, 2.75) is 38.5 Å². The van der Waals surface area contributed by atoms with Gasteiger partial charge in [0.15, 0.2) is 5.54 Å². The minimum Gasteiger partial charge on any atom is -0.467 e. The molecule has 1 rings (SSSR count). The van der Waals surface area contributed by atoms with E-state index in [4.69, 9.17) is 9.47 Å². The van der Waals surface area contributed by atoms with E-state index in [1.165, 1.54) is 7.11 Å². The zero-order chi connectivity index (χ0) is 14.1. The molecule has 18 heavy (non-hydrogen) atoms. The van der Waals surface area contributed by atoms with Crippen LogP contribution in [0.1, 0.15) is 27.2 Å². The number of hydrogen-bond donors (Lipinski definition) is 1. The number of nitrogens with zero attached hydrogens (tertiary/aromatic N) is 1. The molecule has 1 amide bonds. The predicted octanol–water partition coefficient (Wildman–Crippen LogP) is 1.61. The number of esters is 1. The fourth-order valence-corrected chi connectivity index (χ4v) is 2.40. The van der Waals surface area contributed by atoms with Gasteiger partial charge in [-0.3, -0.25) is 4.90 Å². The van der Waals surface area contributed by atoms with Crippen molar-refractivity contribution in [3.8, 4) is 0 Å². The van der Waals surface area contributed by atoms with Gasteiger partial charge in [-0.2, -0.15) is 0 Å². The molecule has 1 heterocycles. The van der Waals surface area contributed by atoms with E-state index >= 15 is 0 Å². The molecular formula is C12H19NO5. The van der Waals surface area contributed by atoms with E-state index in [9.17, 15) is 14.7 Å². The van der Waals surface area contributed by atoms with Gasteiger partial charge in [-0.25, -0.2) is 9.59 Å². The molecule has 0 aromatic carbocycles. The highest BCUT2D eigenvalue weighted by Gasteiger charge is 2.59. The summed E-state index contributed by atoms with van der Waals surface area (Å²) in [6.45, 7) is 8.64. The van der Waals surface area contributed by atoms with Crippen LogP contribution in [-0.2, 0) is 14.3 Å². The lowest BCUT2D eigenvalue weighted by Crippen LogP contribution is -2.60. The van der Waals surface area contributed by atoms with Gasteiger partial charge in [0.05, 0.1) is 13.7 Å². The Kier molecular flexibility index (Phi) is 3.71. The van der Waals surface area contributed by atoms with Crippen molar-refractivity contribution in [1.29, 1.82) is 0 Å². The second kappa shape index (κ2) is 4.61. The largest absolute Gasteiger partial charge is 0.467 e. The summed E-state index contributed by atoms with van der Waals surface area (Å²) in [6, 6.07) is 0. The summed E-state index contributed by atoms with van der Waals surface area (Å²) in [7, 11) is 1.23. The van der Waals surface area contributed by atoms with Crippen LogP contribution in [0.4, 0.5) is 4.79 Å². The lowest BCUT2D eigenvalue weighted by molar-refractivity contribution is -0.153. The molecule has 1 aliphatic heterocycles. The highest BCUT2D eigenvalue weighted by atomic mass is 16.6. The van der Waals surface area contributed by atoms with Gasteiger partial charge in [-0.05, 0) is 20.8 Å². The van der Waals surface area contributed by atoms with Crippen LogP contribution < -0.4 is 0 Å². The molecule has 1 atom stereocenters. The third-order valence-corrected chi connectivity index (χ3v) is 2.98. The van der Waals surface area contributed by atoms with E-state index in [1.54, 1.807) is 20.8 Å². The van der Waals surface area contributed by atoms with Crippen LogP contribution in [0.25, 0.3) is 0 Å². The SMILES string of the molecule is C=C(C)CC1(C(=O)OC)COC(C)(C)N1C(=O)O. The number of hydrogen-bond acceptors (Lipinski definition) is 4. The first-order valence-corrected chi connectivity index (χ1v) is 5.57. The number of carbonyl (C=O) groups excluding carboxylic acids is 1. The lowest BCUT2D eigenvalue weighted by Gasteiger charge is -2.37. The Balaban J connectivity index is 3.29. The summed E-state index contributed by atoms with van der Waals surface area (Å²) in [6.07, 6.45) is -1.04. The number of methoxy groups -OCH3 is 1. The fraction of sp³-hybridized carbons (Fsp3) is 0.667. The number of amides is 1. The van der Waals surface area contributed by atoms with Crippen molar-refractivity contribution >= 4 is 12.1 Å². The molecule has 6 nitrogen and oxygen atoms in total. The predicted molar refractivity (Wildman–Crippen MR) is 64.1 cm³/mol. The van der Waals surface area contributed by atoms with Gasteiger partial charge >= 0.3 is 12.1 Å². The van der Waals surface area contributed by atoms with Crippen LogP contribution in [0.3, 0.4) is 0 Å². The van der Waals surface area contributed by atoms with Crippen molar-refractivity contribution in [3.63, 3.8) is 0 Å². The fourth-order valence-electron chi connectivity index (χ4n) is 2.40. The molecular weight excluding hydrogens is 238 g/mol. The van der Waals surface area contributed by atoms with Crippen LogP contribution in [-0.4, -0.2) is 47.0 Å². The van der Waals surface area contributed by atoms with Gasteiger partial charge in [-0.1, -0.05) is 5.57 Å². The Bertz CT molecular complexity index is 390. The van der Waals surface area contributed by atoms with Crippen molar-refractivity contribution in [2.24, 2.45) is 0 Å². The molecule has 0 saturated carbocycles. The third kappa shape index (κ3) is 2.20. The van der Waals surface area contributed by atoms with Crippen LogP contribution >= 0.6 is 0 Å². The third-order valence-electron chi connectivity index (χ3n) is 2.98. The molecule has 0 radical (unpaired) electrons. The smallest absolute Gasteiger partial charge is 0.410 e. The highest BCUT2D eigenvalue weighted by Crippen LogP contribution is 2.39. The molecule has 0 bridgehead atoms. The molecule has 0 aromatic heterocycles. The normalized spacial score (nSPS) is 25.9. The Labute approximate surface area is 106 Å². The van der Waals surface area contributed by atoms with Crippen LogP contribution in [0.15, 0.2) is 12.2 Å². The first-order chi connectivity index (χ1) is 8.17. The van der Waals surface area contributed by atoms with Gasteiger partial charge < -0.3 is 14.6 Å². The van der Waals surface area contributed by atoms with Crippen LogP contribution in [0, 0.1) is 0 Å². The second-order valence-corrected chi connectivity index (χ2v) is 5.01. The van der Waals surface area contributed by atoms with E-state index in [0.717, 1.165) is 4.90 Å². The van der Waals surface area contributed by atoms with Gasteiger partial charge in [0.2, 0.25) is 0 Å². The summed E-state index contributed by atoms with van der Waals surface area (Å²) in [5, 5.41) is 9.35. The Morgan fingerprint density at radius 3 is 2.44 bits per heavy atom. The standard InChI is InChI=1S/C12H19NO5/c1-8(2)6-12(9(14)17-5)7-18-11(3,4)13(12)10(15)16/h1,6-7H2,2-5H3,(H,15,16). The quantitative estimate of drug-likeness (QED) is 0.614. The number of rotatable bonds is 3. The summed E-state index contributed by atoms with van der Waals surface area (Å²) in [5.41, 5.74) is -1.74. The minimum atomic E-state index is -1.35. The molecule has 1 saturated heterocycles. The van der Waals surface area contributed by atoms with E-state index < -0.39 is 23.3 Å². The average molecular weight is 257 g/mol. The zero-order valence-corrected chi connectivity index (χ0v) is 11.1. The van der Waals surface area contributed by atoms with Crippen molar-refractivity contribution in [2.75, 3.05) is 13.7 Å². The topological polar surface area (TPSA) is 76.1 Å². The molecule has 0 aliphatic carbocycles. The van der Waals surface area contributed by atoms with Crippen molar-refractivity contribution < 1.29 is 24.2 Å². The Morgan fingerprint density at radius 1 is 1.50 bits per heavy atom. The van der Waals surface area contributed by atoms with Gasteiger partial charge in [-0.15, -0.1) is 6.58 Å². The van der Waals surface area contributed by atoms with Gasteiger partial charge in [0.1, 0.15) is 5.72 Å². The second-order valence-electron chi connectivity index (χ2n) is 5.01. The molecule has 6 heteroatoms.